The molecule has 0 N–H and O–H groups in total. The van der Waals surface area contributed by atoms with E-state index in [4.69, 9.17) is 11.6 Å². The molecule has 0 unspecified atom stereocenters. The molecule has 5 nitrogen and oxygen atoms in total. The monoisotopic (exact) mass is 255 g/mol. The van der Waals surface area contributed by atoms with Crippen molar-refractivity contribution >= 4 is 23.3 Å². The third-order valence-electron chi connectivity index (χ3n) is 2.37. The number of rotatable bonds is 4. The van der Waals surface area contributed by atoms with Crippen molar-refractivity contribution in [1.29, 1.82) is 0 Å². The SMILES string of the molecule is CCN(CC)C(=O)N(N=O)c1ccc(Cl)cc1. The second-order valence-corrected chi connectivity index (χ2v) is 3.76. The number of hydrogen-bond donors (Lipinski definition) is 0. The first-order valence-corrected chi connectivity index (χ1v) is 5.69. The third kappa shape index (κ3) is 3.17. The van der Waals surface area contributed by atoms with Crippen molar-refractivity contribution < 1.29 is 4.79 Å². The molecule has 1 aromatic rings. The van der Waals surface area contributed by atoms with Crippen LogP contribution in [0.2, 0.25) is 5.02 Å². The Kier molecular flexibility index (Phi) is 4.90. The number of amides is 2. The molecule has 0 heterocycles. The predicted molar refractivity (Wildman–Crippen MR) is 68.0 cm³/mol. The van der Waals surface area contributed by atoms with E-state index in [2.05, 4.69) is 5.29 Å². The van der Waals surface area contributed by atoms with Crippen LogP contribution >= 0.6 is 11.6 Å². The molecule has 2 amide bonds. The van der Waals surface area contributed by atoms with Crippen molar-refractivity contribution in [1.82, 2.24) is 4.90 Å². The van der Waals surface area contributed by atoms with Crippen LogP contribution in [0.1, 0.15) is 13.8 Å². The highest BCUT2D eigenvalue weighted by molar-refractivity contribution is 6.30. The van der Waals surface area contributed by atoms with E-state index in [9.17, 15) is 9.70 Å². The fourth-order valence-electron chi connectivity index (χ4n) is 1.40. The summed E-state index contributed by atoms with van der Waals surface area (Å²) in [5.74, 6) is 0. The van der Waals surface area contributed by atoms with Crippen molar-refractivity contribution in [2.45, 2.75) is 13.8 Å². The van der Waals surface area contributed by atoms with Gasteiger partial charge in [-0.3, -0.25) is 0 Å². The van der Waals surface area contributed by atoms with Crippen molar-refractivity contribution in [3.63, 3.8) is 0 Å². The topological polar surface area (TPSA) is 53.0 Å². The van der Waals surface area contributed by atoms with E-state index in [1.807, 2.05) is 13.8 Å². The molecule has 0 bridgehead atoms. The number of anilines is 1. The van der Waals surface area contributed by atoms with Gasteiger partial charge >= 0.3 is 6.03 Å². The average Bonchev–Trinajstić information content (AvgIpc) is 2.34. The van der Waals surface area contributed by atoms with E-state index in [0.29, 0.717) is 23.8 Å². The first kappa shape index (κ1) is 13.4. The molecular formula is C11H14ClN3O2. The highest BCUT2D eigenvalue weighted by atomic mass is 35.5. The van der Waals surface area contributed by atoms with Gasteiger partial charge in [0.1, 0.15) is 0 Å². The number of carbonyl (C=O) groups is 1. The second kappa shape index (κ2) is 6.20. The Hall–Kier alpha value is -1.62. The van der Waals surface area contributed by atoms with Crippen LogP contribution in [0.25, 0.3) is 0 Å². The summed E-state index contributed by atoms with van der Waals surface area (Å²) in [5, 5.41) is 4.11. The molecule has 0 radical (unpaired) electrons. The predicted octanol–water partition coefficient (Wildman–Crippen LogP) is 3.29. The van der Waals surface area contributed by atoms with Gasteiger partial charge in [-0.1, -0.05) is 11.6 Å². The standard InChI is InChI=1S/C11H14ClN3O2/c1-3-14(4-2)11(16)15(13-17)10-7-5-9(12)6-8-10/h5-8H,3-4H2,1-2H3. The zero-order valence-electron chi connectivity index (χ0n) is 9.76. The van der Waals surface area contributed by atoms with Crippen LogP contribution in [0.3, 0.4) is 0 Å². The molecule has 1 aromatic carbocycles. The lowest BCUT2D eigenvalue weighted by Crippen LogP contribution is -2.40. The van der Waals surface area contributed by atoms with Gasteiger partial charge in [0.25, 0.3) is 0 Å². The molecule has 0 spiro atoms. The molecule has 92 valence electrons. The number of nitroso groups, excluding NO2 is 1. The maximum absolute atomic E-state index is 11.9. The van der Waals surface area contributed by atoms with Crippen molar-refractivity contribution in [2.24, 2.45) is 5.29 Å². The molecule has 0 saturated carbocycles. The molecule has 0 aliphatic carbocycles. The van der Waals surface area contributed by atoms with Crippen LogP contribution in [0, 0.1) is 4.91 Å². The normalized spacial score (nSPS) is 9.82. The first-order valence-electron chi connectivity index (χ1n) is 5.31. The highest BCUT2D eigenvalue weighted by Crippen LogP contribution is 2.19. The molecule has 17 heavy (non-hydrogen) atoms. The average molecular weight is 256 g/mol. The largest absolute Gasteiger partial charge is 0.347 e. The summed E-state index contributed by atoms with van der Waals surface area (Å²) < 4.78 is 0. The van der Waals surface area contributed by atoms with E-state index in [1.165, 1.54) is 4.90 Å². The number of carbonyl (C=O) groups excluding carboxylic acids is 1. The van der Waals surface area contributed by atoms with Crippen LogP contribution in [-0.4, -0.2) is 24.0 Å². The number of urea groups is 1. The van der Waals surface area contributed by atoms with Crippen LogP contribution in [0.5, 0.6) is 0 Å². The fourth-order valence-corrected chi connectivity index (χ4v) is 1.53. The van der Waals surface area contributed by atoms with Crippen LogP contribution in [0.15, 0.2) is 29.6 Å². The van der Waals surface area contributed by atoms with Crippen molar-refractivity contribution in [3.05, 3.63) is 34.2 Å². The van der Waals surface area contributed by atoms with E-state index >= 15 is 0 Å². The van der Waals surface area contributed by atoms with Gasteiger partial charge in [0.05, 0.1) is 11.0 Å². The lowest BCUT2D eigenvalue weighted by atomic mass is 10.3. The minimum Gasteiger partial charge on any atom is -0.323 e. The summed E-state index contributed by atoms with van der Waals surface area (Å²) in [7, 11) is 0. The molecule has 0 atom stereocenters. The summed E-state index contributed by atoms with van der Waals surface area (Å²) in [6.45, 7) is 4.72. The number of halogens is 1. The van der Waals surface area contributed by atoms with Gasteiger partial charge in [0.2, 0.25) is 0 Å². The quantitative estimate of drug-likeness (QED) is 0.612. The van der Waals surface area contributed by atoms with Gasteiger partial charge in [-0.05, 0) is 38.1 Å². The van der Waals surface area contributed by atoms with Gasteiger partial charge in [-0.2, -0.15) is 0 Å². The van der Waals surface area contributed by atoms with Gasteiger partial charge in [0, 0.05) is 18.1 Å². The minimum absolute atomic E-state index is 0.404. The Bertz CT molecular complexity index is 390. The van der Waals surface area contributed by atoms with Crippen LogP contribution < -0.4 is 5.01 Å². The van der Waals surface area contributed by atoms with Crippen molar-refractivity contribution in [3.8, 4) is 0 Å². The number of benzene rings is 1. The van der Waals surface area contributed by atoms with E-state index in [-0.39, 0.29) is 0 Å². The van der Waals surface area contributed by atoms with Crippen molar-refractivity contribution in [2.75, 3.05) is 18.1 Å². The smallest absolute Gasteiger partial charge is 0.323 e. The van der Waals surface area contributed by atoms with Gasteiger partial charge < -0.3 is 4.90 Å². The molecule has 1 rings (SSSR count). The fraction of sp³-hybridized carbons (Fsp3) is 0.364. The first-order chi connectivity index (χ1) is 8.13. The molecule has 0 aromatic heterocycles. The maximum Gasteiger partial charge on any atom is 0.347 e. The maximum atomic E-state index is 11.9. The summed E-state index contributed by atoms with van der Waals surface area (Å²) >= 11 is 5.73. The molecule has 0 fully saturated rings. The molecule has 6 heteroatoms. The number of hydrogen-bond acceptors (Lipinski definition) is 3. The Morgan fingerprint density at radius 1 is 1.24 bits per heavy atom. The van der Waals surface area contributed by atoms with Crippen LogP contribution in [0.4, 0.5) is 10.5 Å². The zero-order chi connectivity index (χ0) is 12.8. The minimum atomic E-state index is -0.438. The van der Waals surface area contributed by atoms with Gasteiger partial charge in [-0.15, -0.1) is 9.92 Å². The van der Waals surface area contributed by atoms with Gasteiger partial charge in [-0.25, -0.2) is 4.79 Å². The lowest BCUT2D eigenvalue weighted by Gasteiger charge is -2.23. The second-order valence-electron chi connectivity index (χ2n) is 3.32. The Balaban J connectivity index is 2.95. The summed E-state index contributed by atoms with van der Waals surface area (Å²) in [5.41, 5.74) is 0.404. The van der Waals surface area contributed by atoms with E-state index in [0.717, 1.165) is 5.01 Å². The summed E-state index contributed by atoms with van der Waals surface area (Å²) in [6, 6.07) is 5.91. The molecule has 0 saturated heterocycles. The summed E-state index contributed by atoms with van der Waals surface area (Å²) in [6.07, 6.45) is 0. The van der Waals surface area contributed by atoms with Crippen LogP contribution in [-0.2, 0) is 0 Å². The third-order valence-corrected chi connectivity index (χ3v) is 2.62. The zero-order valence-corrected chi connectivity index (χ0v) is 10.5. The molecule has 0 aliphatic heterocycles. The van der Waals surface area contributed by atoms with Gasteiger partial charge in [0.15, 0.2) is 0 Å². The Labute approximate surface area is 105 Å². The molecule has 0 aliphatic rings. The Morgan fingerprint density at radius 2 is 1.76 bits per heavy atom. The highest BCUT2D eigenvalue weighted by Gasteiger charge is 2.21. The number of nitrogens with zero attached hydrogens (tertiary/aromatic N) is 3. The van der Waals surface area contributed by atoms with E-state index in [1.54, 1.807) is 24.3 Å². The van der Waals surface area contributed by atoms with E-state index < -0.39 is 6.03 Å². The Morgan fingerprint density at radius 3 is 2.18 bits per heavy atom. The molecular weight excluding hydrogens is 242 g/mol. The lowest BCUT2D eigenvalue weighted by molar-refractivity contribution is 0.210. The summed E-state index contributed by atoms with van der Waals surface area (Å²) in [4.78, 5) is 24.2.